The molecule has 21 heavy (non-hydrogen) atoms. The Kier molecular flexibility index (Phi) is 4.77. The molecule has 0 unspecified atom stereocenters. The fourth-order valence-electron chi connectivity index (χ4n) is 1.74. The molecule has 9 heteroatoms. The van der Waals surface area contributed by atoms with Gasteiger partial charge in [0.2, 0.25) is 0 Å². The van der Waals surface area contributed by atoms with Crippen molar-refractivity contribution >= 4 is 43.3 Å². The number of nitrogens with zero attached hydrogens (tertiary/aromatic N) is 1. The predicted octanol–water partition coefficient (Wildman–Crippen LogP) is 2.64. The summed E-state index contributed by atoms with van der Waals surface area (Å²) in [7, 11) is -3.95. The van der Waals surface area contributed by atoms with Crippen molar-refractivity contribution in [2.45, 2.75) is 17.2 Å². The Balaban J connectivity index is 2.32. The first-order chi connectivity index (χ1) is 9.83. The number of sulfonamides is 1. The maximum Gasteiger partial charge on any atom is 0.356 e. The molecular weight excluding hydrogens is 380 g/mol. The van der Waals surface area contributed by atoms with Crippen LogP contribution in [0, 0.1) is 0 Å². The number of nitrogens with one attached hydrogen (secondary N) is 1. The number of carboxylic acid groups (broad SMARTS) is 1. The van der Waals surface area contributed by atoms with E-state index < -0.39 is 27.7 Å². The fourth-order valence-corrected chi connectivity index (χ4v) is 4.75. The number of hydrogen-bond acceptors (Lipinski definition) is 5. The van der Waals surface area contributed by atoms with Crippen molar-refractivity contribution < 1.29 is 18.3 Å². The Labute approximate surface area is 134 Å². The van der Waals surface area contributed by atoms with Gasteiger partial charge in [-0.25, -0.2) is 22.9 Å². The average Bonchev–Trinajstić information content (AvgIpc) is 2.88. The molecule has 2 rings (SSSR count). The predicted molar refractivity (Wildman–Crippen MR) is 82.0 cm³/mol. The zero-order chi connectivity index (χ0) is 15.6. The van der Waals surface area contributed by atoms with Gasteiger partial charge in [0.25, 0.3) is 10.0 Å². The monoisotopic (exact) mass is 390 g/mol. The first kappa shape index (κ1) is 16.1. The van der Waals surface area contributed by atoms with E-state index in [1.807, 2.05) is 6.07 Å². The first-order valence-corrected chi connectivity index (χ1v) is 8.92. The van der Waals surface area contributed by atoms with Gasteiger partial charge in [-0.2, -0.15) is 0 Å². The van der Waals surface area contributed by atoms with Gasteiger partial charge in [0.15, 0.2) is 9.90 Å². The molecule has 6 nitrogen and oxygen atoms in total. The van der Waals surface area contributed by atoms with E-state index in [9.17, 15) is 13.2 Å². The third-order valence-electron chi connectivity index (χ3n) is 2.69. The van der Waals surface area contributed by atoms with Crippen LogP contribution in [-0.4, -0.2) is 24.5 Å². The molecule has 2 aromatic rings. The lowest BCUT2D eigenvalue weighted by Crippen LogP contribution is -2.27. The Bertz CT molecular complexity index is 773. The van der Waals surface area contributed by atoms with Gasteiger partial charge < -0.3 is 5.11 Å². The lowest BCUT2D eigenvalue weighted by atomic mass is 10.1. The minimum Gasteiger partial charge on any atom is -0.476 e. The van der Waals surface area contributed by atoms with Crippen molar-refractivity contribution in [1.29, 1.82) is 0 Å². The van der Waals surface area contributed by atoms with Crippen molar-refractivity contribution in [2.75, 3.05) is 0 Å². The number of aromatic nitrogens is 1. The first-order valence-electron chi connectivity index (χ1n) is 5.76. The fraction of sp³-hybridized carbons (Fsp3) is 0.167. The third-order valence-corrected chi connectivity index (χ3v) is 6.32. The Morgan fingerprint density at radius 2 is 2.10 bits per heavy atom. The van der Waals surface area contributed by atoms with E-state index in [2.05, 4.69) is 25.6 Å². The second-order valence-electron chi connectivity index (χ2n) is 4.16. The molecule has 0 spiro atoms. The molecule has 0 saturated carbocycles. The molecule has 0 aliphatic carbocycles. The summed E-state index contributed by atoms with van der Waals surface area (Å²) in [6, 6.07) is 6.67. The van der Waals surface area contributed by atoms with E-state index in [4.69, 9.17) is 5.11 Å². The highest BCUT2D eigenvalue weighted by molar-refractivity contribution is 9.10. The summed E-state index contributed by atoms with van der Waals surface area (Å²) >= 11 is 4.12. The summed E-state index contributed by atoms with van der Waals surface area (Å²) in [6.45, 7) is 1.68. The smallest absolute Gasteiger partial charge is 0.356 e. The molecule has 0 fully saturated rings. The Morgan fingerprint density at radius 1 is 1.43 bits per heavy atom. The summed E-state index contributed by atoms with van der Waals surface area (Å²) < 4.78 is 27.5. The maximum absolute atomic E-state index is 12.3. The van der Waals surface area contributed by atoms with E-state index in [0.717, 1.165) is 21.4 Å². The van der Waals surface area contributed by atoms with Gasteiger partial charge in [-0.05, 0) is 18.6 Å². The topological polar surface area (TPSA) is 96.4 Å². The average molecular weight is 391 g/mol. The minimum absolute atomic E-state index is 0.297. The molecule has 1 atom stereocenters. The highest BCUT2D eigenvalue weighted by Crippen LogP contribution is 2.26. The summed E-state index contributed by atoms with van der Waals surface area (Å²) in [6.07, 6.45) is 0. The number of rotatable bonds is 5. The standard InChI is InChI=1S/C12H11BrN2O4S2/c1-7(8-4-2-3-5-9(8)13)15-21(18,19)12-10(11(16)17)14-6-20-12/h2-7,15H,1H3,(H,16,17)/t7-/m1/s1. The Hall–Kier alpha value is -1.29. The Morgan fingerprint density at radius 3 is 2.71 bits per heavy atom. The molecular formula is C12H11BrN2O4S2. The highest BCUT2D eigenvalue weighted by atomic mass is 79.9. The minimum atomic E-state index is -3.95. The van der Waals surface area contributed by atoms with Gasteiger partial charge in [0, 0.05) is 10.5 Å². The van der Waals surface area contributed by atoms with Crippen LogP contribution in [0.3, 0.4) is 0 Å². The van der Waals surface area contributed by atoms with Crippen LogP contribution in [0.15, 0.2) is 38.5 Å². The molecule has 0 amide bonds. The molecule has 1 aromatic carbocycles. The summed E-state index contributed by atoms with van der Waals surface area (Å²) in [4.78, 5) is 14.6. The second-order valence-corrected chi connectivity index (χ2v) is 7.78. The van der Waals surface area contributed by atoms with Gasteiger partial charge in [-0.3, -0.25) is 0 Å². The number of hydrogen-bond donors (Lipinski definition) is 2. The molecule has 0 aliphatic rings. The summed E-state index contributed by atoms with van der Waals surface area (Å²) in [5.74, 6) is -1.37. The van der Waals surface area contributed by atoms with Gasteiger partial charge in [-0.1, -0.05) is 34.1 Å². The number of halogens is 1. The third kappa shape index (κ3) is 3.49. The molecule has 0 saturated heterocycles. The van der Waals surface area contributed by atoms with Crippen LogP contribution in [0.2, 0.25) is 0 Å². The van der Waals surface area contributed by atoms with Crippen LogP contribution >= 0.6 is 27.3 Å². The number of thiazole rings is 1. The van der Waals surface area contributed by atoms with E-state index in [0.29, 0.717) is 0 Å². The van der Waals surface area contributed by atoms with Crippen molar-refractivity contribution in [3.05, 3.63) is 45.5 Å². The van der Waals surface area contributed by atoms with Crippen LogP contribution in [0.4, 0.5) is 0 Å². The molecule has 0 bridgehead atoms. The van der Waals surface area contributed by atoms with Gasteiger partial charge >= 0.3 is 5.97 Å². The van der Waals surface area contributed by atoms with Crippen molar-refractivity contribution in [1.82, 2.24) is 9.71 Å². The maximum atomic E-state index is 12.3. The zero-order valence-electron chi connectivity index (χ0n) is 10.8. The van der Waals surface area contributed by atoms with Gasteiger partial charge in [0.1, 0.15) is 0 Å². The molecule has 2 N–H and O–H groups in total. The van der Waals surface area contributed by atoms with Crippen molar-refractivity contribution in [2.24, 2.45) is 0 Å². The number of carbonyl (C=O) groups is 1. The van der Waals surface area contributed by atoms with Gasteiger partial charge in [0.05, 0.1) is 5.51 Å². The van der Waals surface area contributed by atoms with Crippen LogP contribution in [-0.2, 0) is 10.0 Å². The normalized spacial score (nSPS) is 13.0. The number of carboxylic acids is 1. The van der Waals surface area contributed by atoms with E-state index in [1.54, 1.807) is 25.1 Å². The van der Waals surface area contributed by atoms with E-state index >= 15 is 0 Å². The second kappa shape index (κ2) is 6.22. The lowest BCUT2D eigenvalue weighted by molar-refractivity contribution is 0.0687. The molecule has 112 valence electrons. The molecule has 0 radical (unpaired) electrons. The SMILES string of the molecule is C[C@@H](NS(=O)(=O)c1scnc1C(=O)O)c1ccccc1Br. The largest absolute Gasteiger partial charge is 0.476 e. The van der Waals surface area contributed by atoms with Crippen molar-refractivity contribution in [3.63, 3.8) is 0 Å². The molecule has 1 heterocycles. The molecule has 0 aliphatic heterocycles. The van der Waals surface area contributed by atoms with Crippen LogP contribution in [0.1, 0.15) is 29.0 Å². The van der Waals surface area contributed by atoms with Crippen LogP contribution in [0.25, 0.3) is 0 Å². The quantitative estimate of drug-likeness (QED) is 0.817. The van der Waals surface area contributed by atoms with E-state index in [-0.39, 0.29) is 4.21 Å². The zero-order valence-corrected chi connectivity index (χ0v) is 14.0. The summed E-state index contributed by atoms with van der Waals surface area (Å²) in [5, 5.41) is 8.96. The van der Waals surface area contributed by atoms with Crippen LogP contribution in [0.5, 0.6) is 0 Å². The lowest BCUT2D eigenvalue weighted by Gasteiger charge is -2.15. The van der Waals surface area contributed by atoms with Crippen LogP contribution < -0.4 is 4.72 Å². The highest BCUT2D eigenvalue weighted by Gasteiger charge is 2.27. The number of benzene rings is 1. The number of aromatic carboxylic acids is 1. The van der Waals surface area contributed by atoms with Crippen molar-refractivity contribution in [3.8, 4) is 0 Å². The van der Waals surface area contributed by atoms with E-state index in [1.165, 1.54) is 5.51 Å². The summed E-state index contributed by atoms with van der Waals surface area (Å²) in [5.41, 5.74) is 1.48. The molecule has 1 aromatic heterocycles. The van der Waals surface area contributed by atoms with Gasteiger partial charge in [-0.15, -0.1) is 11.3 Å².